The molecule has 0 aliphatic heterocycles. The average molecular weight is 270 g/mol. The minimum absolute atomic E-state index is 0.456. The summed E-state index contributed by atoms with van der Waals surface area (Å²) < 4.78 is 0. The van der Waals surface area contributed by atoms with Gasteiger partial charge in [0.25, 0.3) is 0 Å². The molecule has 0 spiro atoms. The first-order valence-corrected chi connectivity index (χ1v) is 8.08. The third kappa shape index (κ3) is 3.98. The van der Waals surface area contributed by atoms with Crippen molar-refractivity contribution in [3.8, 4) is 0 Å². The summed E-state index contributed by atoms with van der Waals surface area (Å²) in [5.41, 5.74) is 6.49. The Morgan fingerprint density at radius 2 is 1.90 bits per heavy atom. The highest BCUT2D eigenvalue weighted by atomic mass is 14.3. The fourth-order valence-corrected chi connectivity index (χ4v) is 3.40. The van der Waals surface area contributed by atoms with Gasteiger partial charge in [-0.3, -0.25) is 0 Å². The van der Waals surface area contributed by atoms with Crippen molar-refractivity contribution in [2.24, 2.45) is 11.3 Å². The van der Waals surface area contributed by atoms with Gasteiger partial charge in [0.05, 0.1) is 0 Å². The molecule has 1 unspecified atom stereocenters. The van der Waals surface area contributed by atoms with Crippen LogP contribution in [0.1, 0.15) is 66.2 Å². The lowest BCUT2D eigenvalue weighted by Gasteiger charge is -2.34. The van der Waals surface area contributed by atoms with E-state index in [-0.39, 0.29) is 0 Å². The van der Waals surface area contributed by atoms with E-state index in [1.807, 2.05) is 0 Å². The highest BCUT2D eigenvalue weighted by Gasteiger charge is 2.26. The summed E-state index contributed by atoms with van der Waals surface area (Å²) in [5, 5.41) is 0. The lowest BCUT2D eigenvalue weighted by Crippen LogP contribution is -2.22. The number of allylic oxidation sites excluding steroid dienone is 7. The summed E-state index contributed by atoms with van der Waals surface area (Å²) in [7, 11) is 0. The van der Waals surface area contributed by atoms with E-state index in [0.717, 1.165) is 12.3 Å². The molecule has 0 nitrogen and oxygen atoms in total. The van der Waals surface area contributed by atoms with Gasteiger partial charge >= 0.3 is 0 Å². The molecule has 1 atom stereocenters. The van der Waals surface area contributed by atoms with E-state index in [4.69, 9.17) is 0 Å². The first-order chi connectivity index (χ1) is 9.36. The van der Waals surface area contributed by atoms with Crippen LogP contribution in [0.15, 0.2) is 47.1 Å². The normalized spacial score (nSPS) is 23.8. The monoisotopic (exact) mass is 270 g/mol. The largest absolute Gasteiger partial charge is 0.0998 e. The van der Waals surface area contributed by atoms with Crippen LogP contribution in [0, 0.1) is 11.3 Å². The second kappa shape index (κ2) is 6.16. The Balaban J connectivity index is 2.01. The summed E-state index contributed by atoms with van der Waals surface area (Å²) in [6.45, 7) is 13.3. The Morgan fingerprint density at radius 3 is 2.35 bits per heavy atom. The molecule has 110 valence electrons. The van der Waals surface area contributed by atoms with E-state index in [1.54, 1.807) is 16.7 Å². The van der Waals surface area contributed by atoms with Gasteiger partial charge in [0, 0.05) is 0 Å². The molecule has 0 N–H and O–H groups in total. The standard InChI is InChI=1S/C20H30/c1-15(2)14-16-6-8-17(9-7-16)18-10-12-19(13-11-18)20(3,4)5/h6,8,10,19H,1,7,9,11-14H2,2-5H3. The van der Waals surface area contributed by atoms with E-state index in [0.29, 0.717) is 5.41 Å². The quantitative estimate of drug-likeness (QED) is 0.522. The fraction of sp³-hybridized carbons (Fsp3) is 0.600. The second-order valence-corrected chi connectivity index (χ2v) is 7.72. The molecule has 0 aromatic rings. The maximum Gasteiger partial charge on any atom is -0.0111 e. The van der Waals surface area contributed by atoms with Crippen LogP contribution in [0.4, 0.5) is 0 Å². The summed E-state index contributed by atoms with van der Waals surface area (Å²) >= 11 is 0. The van der Waals surface area contributed by atoms with E-state index >= 15 is 0 Å². The van der Waals surface area contributed by atoms with Crippen LogP contribution < -0.4 is 0 Å². The van der Waals surface area contributed by atoms with Crippen molar-refractivity contribution < 1.29 is 0 Å². The van der Waals surface area contributed by atoms with Gasteiger partial charge in [0.15, 0.2) is 0 Å². The lowest BCUT2D eigenvalue weighted by molar-refractivity contribution is 0.221. The molecule has 0 saturated heterocycles. The van der Waals surface area contributed by atoms with E-state index < -0.39 is 0 Å². The molecule has 2 rings (SSSR count). The SMILES string of the molecule is C=C(C)CC1=CC=C(C2=CCC(C(C)(C)C)CC2)CC1. The molecule has 0 aromatic carbocycles. The molecule has 0 aromatic heterocycles. The smallest absolute Gasteiger partial charge is 0.0111 e. The van der Waals surface area contributed by atoms with Crippen LogP contribution in [-0.4, -0.2) is 0 Å². The molecule has 0 heterocycles. The number of rotatable bonds is 3. The third-order valence-electron chi connectivity index (χ3n) is 4.81. The first kappa shape index (κ1) is 15.4. The molecule has 2 aliphatic carbocycles. The molecule has 0 amide bonds. The summed E-state index contributed by atoms with van der Waals surface area (Å²) in [6.07, 6.45) is 14.6. The van der Waals surface area contributed by atoms with Gasteiger partial charge in [-0.2, -0.15) is 0 Å². The zero-order chi connectivity index (χ0) is 14.8. The van der Waals surface area contributed by atoms with Crippen LogP contribution in [-0.2, 0) is 0 Å². The first-order valence-electron chi connectivity index (χ1n) is 8.08. The van der Waals surface area contributed by atoms with E-state index in [1.165, 1.54) is 37.7 Å². The molecular weight excluding hydrogens is 240 g/mol. The Bertz CT molecular complexity index is 463. The second-order valence-electron chi connectivity index (χ2n) is 7.72. The van der Waals surface area contributed by atoms with Gasteiger partial charge in [-0.25, -0.2) is 0 Å². The predicted molar refractivity (Wildman–Crippen MR) is 89.7 cm³/mol. The molecular formula is C20H30. The molecule has 0 saturated carbocycles. The van der Waals surface area contributed by atoms with E-state index in [9.17, 15) is 0 Å². The van der Waals surface area contributed by atoms with Crippen molar-refractivity contribution in [3.63, 3.8) is 0 Å². The Kier molecular flexibility index (Phi) is 4.73. The molecule has 0 heteroatoms. The van der Waals surface area contributed by atoms with Crippen molar-refractivity contribution in [2.45, 2.75) is 66.2 Å². The van der Waals surface area contributed by atoms with Crippen molar-refractivity contribution >= 4 is 0 Å². The Labute approximate surface area is 125 Å². The lowest BCUT2D eigenvalue weighted by atomic mass is 9.72. The van der Waals surface area contributed by atoms with Gasteiger partial charge < -0.3 is 0 Å². The Morgan fingerprint density at radius 1 is 1.15 bits per heavy atom. The van der Waals surface area contributed by atoms with Crippen LogP contribution in [0.3, 0.4) is 0 Å². The van der Waals surface area contributed by atoms with Crippen LogP contribution in [0.2, 0.25) is 0 Å². The fourth-order valence-electron chi connectivity index (χ4n) is 3.40. The minimum Gasteiger partial charge on any atom is -0.0998 e. The van der Waals surface area contributed by atoms with Crippen LogP contribution in [0.5, 0.6) is 0 Å². The highest BCUT2D eigenvalue weighted by molar-refractivity contribution is 5.39. The maximum atomic E-state index is 4.02. The highest BCUT2D eigenvalue weighted by Crippen LogP contribution is 2.40. The molecule has 2 aliphatic rings. The van der Waals surface area contributed by atoms with Gasteiger partial charge in [0.1, 0.15) is 0 Å². The summed E-state index contributed by atoms with van der Waals surface area (Å²) in [4.78, 5) is 0. The number of hydrogen-bond donors (Lipinski definition) is 0. The van der Waals surface area contributed by atoms with Crippen LogP contribution in [0.25, 0.3) is 0 Å². The van der Waals surface area contributed by atoms with Crippen molar-refractivity contribution in [1.29, 1.82) is 0 Å². The minimum atomic E-state index is 0.456. The van der Waals surface area contributed by atoms with Crippen molar-refractivity contribution in [2.75, 3.05) is 0 Å². The van der Waals surface area contributed by atoms with Gasteiger partial charge in [-0.1, -0.05) is 56.7 Å². The molecule has 0 bridgehead atoms. The molecule has 20 heavy (non-hydrogen) atoms. The predicted octanol–water partition coefficient (Wildman–Crippen LogP) is 6.37. The maximum absolute atomic E-state index is 4.02. The van der Waals surface area contributed by atoms with Gasteiger partial charge in [0.2, 0.25) is 0 Å². The van der Waals surface area contributed by atoms with E-state index in [2.05, 4.69) is 52.5 Å². The topological polar surface area (TPSA) is 0 Å². The number of hydrogen-bond acceptors (Lipinski definition) is 0. The zero-order valence-electron chi connectivity index (χ0n) is 13.8. The average Bonchev–Trinajstić information content (AvgIpc) is 2.38. The zero-order valence-corrected chi connectivity index (χ0v) is 13.8. The van der Waals surface area contributed by atoms with Crippen molar-refractivity contribution in [3.05, 3.63) is 47.1 Å². The van der Waals surface area contributed by atoms with Crippen LogP contribution >= 0.6 is 0 Å². The molecule has 0 radical (unpaired) electrons. The third-order valence-corrected chi connectivity index (χ3v) is 4.81. The van der Waals surface area contributed by atoms with Crippen molar-refractivity contribution in [1.82, 2.24) is 0 Å². The Hall–Kier alpha value is -1.04. The van der Waals surface area contributed by atoms with Gasteiger partial charge in [-0.05, 0) is 67.9 Å². The molecule has 0 fully saturated rings. The summed E-state index contributed by atoms with van der Waals surface area (Å²) in [5.74, 6) is 0.852. The summed E-state index contributed by atoms with van der Waals surface area (Å²) in [6, 6.07) is 0. The van der Waals surface area contributed by atoms with Gasteiger partial charge in [-0.15, -0.1) is 0 Å².